The number of anilines is 2. The Hall–Kier alpha value is -1.98. The molecule has 2 aliphatic heterocycles. The number of aryl methyl sites for hydroxylation is 1. The SMILES string of the molecule is Cn1ncc2c(N)nc(N3CCCC(O)(CN4CCS(=O)(=O)CC4)C3)nc21. The van der Waals surface area contributed by atoms with Gasteiger partial charge < -0.3 is 15.7 Å². The van der Waals surface area contributed by atoms with Gasteiger partial charge in [0.15, 0.2) is 15.5 Å². The predicted octanol–water partition coefficient (Wildman–Crippen LogP) is -0.993. The molecule has 10 nitrogen and oxygen atoms in total. The second kappa shape index (κ2) is 6.57. The Morgan fingerprint density at radius 1 is 1.26 bits per heavy atom. The Balaban J connectivity index is 1.51. The molecule has 2 aromatic rings. The number of aromatic nitrogens is 4. The van der Waals surface area contributed by atoms with Crippen molar-refractivity contribution in [3.05, 3.63) is 6.20 Å². The molecule has 2 aromatic heterocycles. The number of β-amino-alcohol motifs (C(OH)–C–C–N with tert-alkyl or cyclic N) is 1. The second-order valence-corrected chi connectivity index (χ2v) is 9.90. The minimum atomic E-state index is -2.93. The lowest BCUT2D eigenvalue weighted by Gasteiger charge is -2.42. The van der Waals surface area contributed by atoms with Crippen LogP contribution in [0.4, 0.5) is 11.8 Å². The summed E-state index contributed by atoms with van der Waals surface area (Å²) in [7, 11) is -1.13. The summed E-state index contributed by atoms with van der Waals surface area (Å²) < 4.78 is 24.9. The molecule has 0 aliphatic carbocycles. The Kier molecular flexibility index (Phi) is 4.47. The number of sulfone groups is 1. The first kappa shape index (κ1) is 18.4. The van der Waals surface area contributed by atoms with Gasteiger partial charge in [-0.3, -0.25) is 9.58 Å². The largest absolute Gasteiger partial charge is 0.387 e. The van der Waals surface area contributed by atoms with Crippen LogP contribution in [0.1, 0.15) is 12.8 Å². The van der Waals surface area contributed by atoms with E-state index in [0.717, 1.165) is 13.0 Å². The Labute approximate surface area is 157 Å². The minimum Gasteiger partial charge on any atom is -0.387 e. The van der Waals surface area contributed by atoms with Gasteiger partial charge in [0.05, 0.1) is 35.2 Å². The number of piperidine rings is 1. The van der Waals surface area contributed by atoms with Crippen molar-refractivity contribution < 1.29 is 13.5 Å². The molecular formula is C16H25N7O3S. The molecule has 4 heterocycles. The zero-order valence-corrected chi connectivity index (χ0v) is 16.2. The van der Waals surface area contributed by atoms with Crippen molar-refractivity contribution in [2.24, 2.45) is 7.05 Å². The molecule has 1 unspecified atom stereocenters. The first-order valence-corrected chi connectivity index (χ1v) is 10.9. The molecule has 148 valence electrons. The van der Waals surface area contributed by atoms with E-state index in [4.69, 9.17) is 5.73 Å². The van der Waals surface area contributed by atoms with Crippen molar-refractivity contribution >= 4 is 32.6 Å². The van der Waals surface area contributed by atoms with Gasteiger partial charge in [-0.15, -0.1) is 0 Å². The molecule has 0 radical (unpaired) electrons. The number of nitrogen functional groups attached to an aromatic ring is 1. The van der Waals surface area contributed by atoms with Gasteiger partial charge in [-0.2, -0.15) is 15.1 Å². The summed E-state index contributed by atoms with van der Waals surface area (Å²) in [6.45, 7) is 2.51. The summed E-state index contributed by atoms with van der Waals surface area (Å²) in [5.74, 6) is 1.18. The van der Waals surface area contributed by atoms with Crippen molar-refractivity contribution in [1.29, 1.82) is 0 Å². The first-order valence-electron chi connectivity index (χ1n) is 9.10. The van der Waals surface area contributed by atoms with Crippen LogP contribution in [0.3, 0.4) is 0 Å². The molecule has 0 aromatic carbocycles. The van der Waals surface area contributed by atoms with E-state index in [-0.39, 0.29) is 11.5 Å². The lowest BCUT2D eigenvalue weighted by Crippen LogP contribution is -2.56. The number of nitrogens with two attached hydrogens (primary N) is 1. The number of nitrogens with zero attached hydrogens (tertiary/aromatic N) is 6. The van der Waals surface area contributed by atoms with Crippen LogP contribution in [0.2, 0.25) is 0 Å². The normalized spacial score (nSPS) is 26.5. The fourth-order valence-electron chi connectivity index (χ4n) is 3.91. The quantitative estimate of drug-likeness (QED) is 0.672. The van der Waals surface area contributed by atoms with E-state index < -0.39 is 15.4 Å². The fourth-order valence-corrected chi connectivity index (χ4v) is 5.19. The van der Waals surface area contributed by atoms with Crippen molar-refractivity contribution in [2.45, 2.75) is 18.4 Å². The zero-order chi connectivity index (χ0) is 19.2. The highest BCUT2D eigenvalue weighted by Gasteiger charge is 2.37. The smallest absolute Gasteiger partial charge is 0.229 e. The molecule has 2 saturated heterocycles. The molecule has 2 fully saturated rings. The average molecular weight is 395 g/mol. The molecule has 4 rings (SSSR count). The summed E-state index contributed by atoms with van der Waals surface area (Å²) in [6, 6.07) is 0. The molecular weight excluding hydrogens is 370 g/mol. The lowest BCUT2D eigenvalue weighted by molar-refractivity contribution is -0.00607. The maximum absolute atomic E-state index is 11.6. The third-order valence-corrected chi connectivity index (χ3v) is 7.01. The van der Waals surface area contributed by atoms with Crippen LogP contribution < -0.4 is 10.6 Å². The Morgan fingerprint density at radius 3 is 2.74 bits per heavy atom. The zero-order valence-electron chi connectivity index (χ0n) is 15.4. The van der Waals surface area contributed by atoms with Crippen LogP contribution in [-0.4, -0.2) is 88.0 Å². The van der Waals surface area contributed by atoms with Gasteiger partial charge in [0.1, 0.15) is 5.82 Å². The Morgan fingerprint density at radius 2 is 2.00 bits per heavy atom. The third kappa shape index (κ3) is 3.71. The fraction of sp³-hybridized carbons (Fsp3) is 0.688. The highest BCUT2D eigenvalue weighted by atomic mass is 32.2. The summed E-state index contributed by atoms with van der Waals surface area (Å²) >= 11 is 0. The van der Waals surface area contributed by atoms with E-state index >= 15 is 0 Å². The summed E-state index contributed by atoms with van der Waals surface area (Å²) in [5.41, 5.74) is 5.79. The number of aliphatic hydroxyl groups is 1. The van der Waals surface area contributed by atoms with E-state index in [0.29, 0.717) is 55.4 Å². The van der Waals surface area contributed by atoms with Gasteiger partial charge in [0.2, 0.25) is 5.95 Å². The monoisotopic (exact) mass is 395 g/mol. The van der Waals surface area contributed by atoms with Crippen LogP contribution in [-0.2, 0) is 16.9 Å². The van der Waals surface area contributed by atoms with E-state index in [9.17, 15) is 13.5 Å². The minimum absolute atomic E-state index is 0.156. The molecule has 0 saturated carbocycles. The molecule has 27 heavy (non-hydrogen) atoms. The molecule has 1 atom stereocenters. The van der Waals surface area contributed by atoms with E-state index in [1.54, 1.807) is 17.9 Å². The predicted molar refractivity (Wildman–Crippen MR) is 102 cm³/mol. The number of hydrogen-bond acceptors (Lipinski definition) is 9. The summed E-state index contributed by atoms with van der Waals surface area (Å²) in [6.07, 6.45) is 3.11. The van der Waals surface area contributed by atoms with Crippen LogP contribution in [0.15, 0.2) is 6.20 Å². The van der Waals surface area contributed by atoms with Gasteiger partial charge in [0, 0.05) is 33.2 Å². The third-order valence-electron chi connectivity index (χ3n) is 5.40. The van der Waals surface area contributed by atoms with Gasteiger partial charge >= 0.3 is 0 Å². The molecule has 11 heteroatoms. The maximum atomic E-state index is 11.6. The second-order valence-electron chi connectivity index (χ2n) is 7.59. The Bertz CT molecular complexity index is 946. The van der Waals surface area contributed by atoms with E-state index in [1.165, 1.54) is 0 Å². The van der Waals surface area contributed by atoms with E-state index in [2.05, 4.69) is 15.1 Å². The summed E-state index contributed by atoms with van der Waals surface area (Å²) in [4.78, 5) is 13.0. The highest BCUT2D eigenvalue weighted by molar-refractivity contribution is 7.91. The van der Waals surface area contributed by atoms with E-state index in [1.807, 2.05) is 9.80 Å². The van der Waals surface area contributed by atoms with Crippen molar-refractivity contribution in [1.82, 2.24) is 24.6 Å². The standard InChI is InChI=1S/C16H25N7O3S/c1-21-14-12(9-18-21)13(17)19-15(20-14)23-4-2-3-16(24,11-23)10-22-5-7-27(25,26)8-6-22/h9,24H,2-8,10-11H2,1H3,(H2,17,19,20). The lowest BCUT2D eigenvalue weighted by atomic mass is 9.92. The van der Waals surface area contributed by atoms with Crippen molar-refractivity contribution in [3.8, 4) is 0 Å². The molecule has 0 spiro atoms. The number of fused-ring (bicyclic) bond motifs is 1. The van der Waals surface area contributed by atoms with Crippen LogP contribution in [0, 0.1) is 0 Å². The van der Waals surface area contributed by atoms with Gasteiger partial charge in [-0.05, 0) is 12.8 Å². The van der Waals surface area contributed by atoms with Crippen LogP contribution >= 0.6 is 0 Å². The van der Waals surface area contributed by atoms with Crippen LogP contribution in [0.25, 0.3) is 11.0 Å². The molecule has 3 N–H and O–H groups in total. The van der Waals surface area contributed by atoms with Crippen LogP contribution in [0.5, 0.6) is 0 Å². The number of hydrogen-bond donors (Lipinski definition) is 2. The number of rotatable bonds is 3. The van der Waals surface area contributed by atoms with Gasteiger partial charge in [0.25, 0.3) is 0 Å². The van der Waals surface area contributed by atoms with Gasteiger partial charge in [-0.25, -0.2) is 8.42 Å². The van der Waals surface area contributed by atoms with Gasteiger partial charge in [-0.1, -0.05) is 0 Å². The first-order chi connectivity index (χ1) is 12.7. The highest BCUT2D eigenvalue weighted by Crippen LogP contribution is 2.28. The molecule has 0 bridgehead atoms. The average Bonchev–Trinajstić information content (AvgIpc) is 2.98. The van der Waals surface area contributed by atoms with Crippen molar-refractivity contribution in [2.75, 3.05) is 54.9 Å². The maximum Gasteiger partial charge on any atom is 0.229 e. The van der Waals surface area contributed by atoms with Crippen molar-refractivity contribution in [3.63, 3.8) is 0 Å². The topological polar surface area (TPSA) is 130 Å². The molecule has 0 amide bonds. The molecule has 2 aliphatic rings. The summed E-state index contributed by atoms with van der Waals surface area (Å²) in [5, 5.41) is 16.0.